The second kappa shape index (κ2) is 10.7. The van der Waals surface area contributed by atoms with Crippen LogP contribution in [0, 0.1) is 33.6 Å². The van der Waals surface area contributed by atoms with Gasteiger partial charge in [-0.05, 0) is 93.5 Å². The Balaban J connectivity index is 1.65. The average molecular weight is 538 g/mol. The van der Waals surface area contributed by atoms with Gasteiger partial charge in [-0.1, -0.05) is 38.1 Å². The highest BCUT2D eigenvalue weighted by molar-refractivity contribution is 7.80. The molecule has 6 nitrogen and oxygen atoms in total. The van der Waals surface area contributed by atoms with Crippen molar-refractivity contribution in [1.82, 2.24) is 14.9 Å². The van der Waals surface area contributed by atoms with Gasteiger partial charge in [0.05, 0.1) is 17.8 Å². The molecule has 2 aromatic heterocycles. The van der Waals surface area contributed by atoms with Crippen molar-refractivity contribution in [2.45, 2.75) is 53.6 Å². The number of hydrogen-bond donors (Lipinski definition) is 2. The molecule has 1 aliphatic heterocycles. The fraction of sp³-hybridized carbons (Fsp3) is 0.281. The van der Waals surface area contributed by atoms with Crippen LogP contribution in [0.2, 0.25) is 0 Å². The van der Waals surface area contributed by atoms with Crippen molar-refractivity contribution in [3.05, 3.63) is 107 Å². The molecule has 5 rings (SSSR count). The number of benzene rings is 2. The summed E-state index contributed by atoms with van der Waals surface area (Å²) in [5.41, 5.74) is 9.68. The highest BCUT2D eigenvalue weighted by Gasteiger charge is 2.43. The van der Waals surface area contributed by atoms with E-state index in [1.165, 1.54) is 22.5 Å². The Labute approximate surface area is 236 Å². The van der Waals surface area contributed by atoms with Crippen LogP contribution in [0.5, 0.6) is 0 Å². The summed E-state index contributed by atoms with van der Waals surface area (Å²) in [6.07, 6.45) is 1.83. The quantitative estimate of drug-likeness (QED) is 0.263. The largest absolute Gasteiger partial charge is 0.351 e. The molecule has 2 atom stereocenters. The van der Waals surface area contributed by atoms with E-state index in [1.807, 2.05) is 57.3 Å². The summed E-state index contributed by atoms with van der Waals surface area (Å²) >= 11 is 5.99. The summed E-state index contributed by atoms with van der Waals surface area (Å²) in [4.78, 5) is 19.3. The molecule has 2 aromatic carbocycles. The van der Waals surface area contributed by atoms with Gasteiger partial charge in [-0.25, -0.2) is 0 Å². The summed E-state index contributed by atoms with van der Waals surface area (Å²) in [5.74, 6) is -0.0907. The van der Waals surface area contributed by atoms with Crippen LogP contribution in [0.25, 0.3) is 5.69 Å². The fourth-order valence-corrected chi connectivity index (χ4v) is 5.89. The van der Waals surface area contributed by atoms with Crippen LogP contribution in [-0.2, 0) is 4.79 Å². The molecule has 0 radical (unpaired) electrons. The predicted octanol–water partition coefficient (Wildman–Crippen LogP) is 6.88. The number of carbonyl (C=O) groups excluding carboxylic acids is 1. The fourth-order valence-electron chi connectivity index (χ4n) is 5.55. The Kier molecular flexibility index (Phi) is 7.28. The van der Waals surface area contributed by atoms with Gasteiger partial charge in [0.25, 0.3) is 0 Å². The molecule has 7 heteroatoms. The summed E-state index contributed by atoms with van der Waals surface area (Å²) in [7, 11) is 0. The maximum absolute atomic E-state index is 12.4. The number of nitrogens with zero attached hydrogens (tertiary/aromatic N) is 3. The summed E-state index contributed by atoms with van der Waals surface area (Å²) in [6.45, 7) is 12.4. The van der Waals surface area contributed by atoms with Crippen LogP contribution in [0.4, 0.5) is 11.4 Å². The number of anilines is 2. The standard InChI is InChI=1S/C32H35N5OS/c1-19(2)31(38)34-26-16-15-25(18-20(26)3)37-30(29(35-32(37)39)27-14-10-11-17-33-27)28-21(4)22(5)36(23(28)6)24-12-8-7-9-13-24/h7-19,29-30H,1-6H3,(H,34,38)(H,35,39)/t29-,30-/m1/s1. The molecular formula is C32H35N5OS. The van der Waals surface area contributed by atoms with Gasteiger partial charge in [-0.3, -0.25) is 9.78 Å². The highest BCUT2D eigenvalue weighted by Crippen LogP contribution is 2.45. The number of aryl methyl sites for hydroxylation is 1. The van der Waals surface area contributed by atoms with Crippen molar-refractivity contribution in [2.75, 3.05) is 10.2 Å². The Morgan fingerprint density at radius 3 is 2.31 bits per heavy atom. The van der Waals surface area contributed by atoms with Gasteiger partial charge in [-0.15, -0.1) is 0 Å². The monoisotopic (exact) mass is 537 g/mol. The molecule has 4 aromatic rings. The van der Waals surface area contributed by atoms with E-state index in [4.69, 9.17) is 17.2 Å². The lowest BCUT2D eigenvalue weighted by atomic mass is 9.93. The van der Waals surface area contributed by atoms with Crippen molar-refractivity contribution in [3.8, 4) is 5.69 Å². The van der Waals surface area contributed by atoms with Crippen LogP contribution in [0.3, 0.4) is 0 Å². The maximum Gasteiger partial charge on any atom is 0.226 e. The third-order valence-electron chi connectivity index (χ3n) is 7.69. The zero-order chi connectivity index (χ0) is 27.8. The first-order valence-corrected chi connectivity index (χ1v) is 13.8. The van der Waals surface area contributed by atoms with Gasteiger partial charge in [0, 0.05) is 46.1 Å². The zero-order valence-electron chi connectivity index (χ0n) is 23.3. The van der Waals surface area contributed by atoms with E-state index in [9.17, 15) is 4.79 Å². The Morgan fingerprint density at radius 2 is 1.67 bits per heavy atom. The van der Waals surface area contributed by atoms with Gasteiger partial charge in [0.15, 0.2) is 5.11 Å². The number of hydrogen-bond acceptors (Lipinski definition) is 3. The van der Waals surface area contributed by atoms with Crippen molar-refractivity contribution in [3.63, 3.8) is 0 Å². The molecule has 200 valence electrons. The zero-order valence-corrected chi connectivity index (χ0v) is 24.1. The first-order valence-electron chi connectivity index (χ1n) is 13.3. The average Bonchev–Trinajstić information content (AvgIpc) is 3.37. The van der Waals surface area contributed by atoms with E-state index in [-0.39, 0.29) is 23.9 Å². The summed E-state index contributed by atoms with van der Waals surface area (Å²) < 4.78 is 2.33. The smallest absolute Gasteiger partial charge is 0.226 e. The van der Waals surface area contributed by atoms with Crippen LogP contribution in [0.15, 0.2) is 72.9 Å². The van der Waals surface area contributed by atoms with E-state index in [0.29, 0.717) is 5.11 Å². The number of para-hydroxylation sites is 1. The first-order chi connectivity index (χ1) is 18.7. The van der Waals surface area contributed by atoms with Gasteiger partial charge >= 0.3 is 0 Å². The number of nitrogens with one attached hydrogen (secondary N) is 2. The minimum Gasteiger partial charge on any atom is -0.351 e. The maximum atomic E-state index is 12.4. The summed E-state index contributed by atoms with van der Waals surface area (Å²) in [6, 6.07) is 22.3. The van der Waals surface area contributed by atoms with E-state index < -0.39 is 0 Å². The number of pyridine rings is 1. The number of carbonyl (C=O) groups is 1. The lowest BCUT2D eigenvalue weighted by molar-refractivity contribution is -0.118. The molecule has 1 fully saturated rings. The van der Waals surface area contributed by atoms with Crippen molar-refractivity contribution >= 4 is 34.6 Å². The molecular weight excluding hydrogens is 502 g/mol. The molecule has 0 aliphatic carbocycles. The number of rotatable bonds is 6. The molecule has 0 spiro atoms. The van der Waals surface area contributed by atoms with E-state index in [0.717, 1.165) is 28.3 Å². The van der Waals surface area contributed by atoms with Crippen LogP contribution >= 0.6 is 12.2 Å². The van der Waals surface area contributed by atoms with Gasteiger partial charge in [-0.2, -0.15) is 0 Å². The van der Waals surface area contributed by atoms with Crippen LogP contribution < -0.4 is 15.5 Å². The lowest BCUT2D eigenvalue weighted by Crippen LogP contribution is -2.30. The molecule has 1 amide bonds. The molecule has 0 unspecified atom stereocenters. The number of amides is 1. The van der Waals surface area contributed by atoms with Crippen molar-refractivity contribution in [1.29, 1.82) is 0 Å². The van der Waals surface area contributed by atoms with E-state index in [1.54, 1.807) is 0 Å². The second-order valence-electron chi connectivity index (χ2n) is 10.5. The van der Waals surface area contributed by atoms with E-state index in [2.05, 4.69) is 77.3 Å². The van der Waals surface area contributed by atoms with Crippen LogP contribution in [-0.4, -0.2) is 20.6 Å². The van der Waals surface area contributed by atoms with Gasteiger partial charge in [0.2, 0.25) is 5.91 Å². The minimum atomic E-state index is -0.136. The molecule has 1 saturated heterocycles. The molecule has 39 heavy (non-hydrogen) atoms. The Hall–Kier alpha value is -3.97. The van der Waals surface area contributed by atoms with Gasteiger partial charge in [0.1, 0.15) is 0 Å². The third kappa shape index (κ3) is 4.83. The molecule has 0 saturated carbocycles. The molecule has 1 aliphatic rings. The Morgan fingerprint density at radius 1 is 0.949 bits per heavy atom. The highest BCUT2D eigenvalue weighted by atomic mass is 32.1. The lowest BCUT2D eigenvalue weighted by Gasteiger charge is -2.29. The first kappa shape index (κ1) is 26.6. The molecule has 2 N–H and O–H groups in total. The number of aromatic nitrogens is 2. The Bertz CT molecular complexity index is 1530. The SMILES string of the molecule is Cc1cc(N2C(=S)N[C@H](c3ccccn3)[C@H]2c2c(C)c(C)n(-c3ccccc3)c2C)ccc1NC(=O)C(C)C. The van der Waals surface area contributed by atoms with Crippen molar-refractivity contribution < 1.29 is 4.79 Å². The molecule has 3 heterocycles. The predicted molar refractivity (Wildman–Crippen MR) is 163 cm³/mol. The van der Waals surface area contributed by atoms with Crippen LogP contribution in [0.1, 0.15) is 59.7 Å². The third-order valence-corrected chi connectivity index (χ3v) is 8.00. The number of thiocarbonyl (C=S) groups is 1. The van der Waals surface area contributed by atoms with E-state index >= 15 is 0 Å². The minimum absolute atomic E-state index is 0.00118. The van der Waals surface area contributed by atoms with Gasteiger partial charge < -0.3 is 20.1 Å². The normalized spacial score (nSPS) is 17.0. The topological polar surface area (TPSA) is 62.2 Å². The second-order valence-corrected chi connectivity index (χ2v) is 10.9. The van der Waals surface area contributed by atoms with Crippen molar-refractivity contribution in [2.24, 2.45) is 5.92 Å². The molecule has 0 bridgehead atoms. The summed E-state index contributed by atoms with van der Waals surface area (Å²) in [5, 5.41) is 7.28.